The van der Waals surface area contributed by atoms with Crippen LogP contribution < -0.4 is 21.5 Å². The summed E-state index contributed by atoms with van der Waals surface area (Å²) in [5.41, 5.74) is 11.8. The lowest BCUT2D eigenvalue weighted by molar-refractivity contribution is -0.128. The standard InChI is InChI=1S/C20H26N4O4S/c21-13-7-12-17(24-29(27,28)16-10-5-2-6-11-16)20(26)23-18(19(22)25)14-15-8-3-1-4-9-15/h1-6,8-11,17-18,24H,7,12-14,21H2,(H2,22,25)(H,23,26)/t17-,18-/m0/s1. The third-order valence-electron chi connectivity index (χ3n) is 4.31. The van der Waals surface area contributed by atoms with Crippen LogP contribution in [0.25, 0.3) is 0 Å². The van der Waals surface area contributed by atoms with Crippen LogP contribution in [-0.4, -0.2) is 38.9 Å². The fourth-order valence-electron chi connectivity index (χ4n) is 2.77. The van der Waals surface area contributed by atoms with E-state index in [9.17, 15) is 18.0 Å². The molecule has 6 N–H and O–H groups in total. The molecule has 0 fully saturated rings. The van der Waals surface area contributed by atoms with Crippen molar-refractivity contribution in [2.75, 3.05) is 6.54 Å². The minimum absolute atomic E-state index is 0.0429. The molecule has 0 aliphatic carbocycles. The number of rotatable bonds is 11. The molecule has 0 bridgehead atoms. The van der Waals surface area contributed by atoms with Gasteiger partial charge in [-0.25, -0.2) is 8.42 Å². The summed E-state index contributed by atoms with van der Waals surface area (Å²) in [4.78, 5) is 24.7. The number of primary amides is 1. The van der Waals surface area contributed by atoms with E-state index in [0.29, 0.717) is 13.0 Å². The Balaban J connectivity index is 2.15. The largest absolute Gasteiger partial charge is 0.368 e. The Morgan fingerprint density at radius 1 is 0.931 bits per heavy atom. The van der Waals surface area contributed by atoms with Crippen molar-refractivity contribution in [3.8, 4) is 0 Å². The zero-order valence-corrected chi connectivity index (χ0v) is 16.8. The lowest BCUT2D eigenvalue weighted by atomic mass is 10.0. The normalized spacial score (nSPS) is 13.4. The number of hydrogen-bond acceptors (Lipinski definition) is 5. The Morgan fingerprint density at radius 2 is 1.52 bits per heavy atom. The molecule has 0 spiro atoms. The first kappa shape index (κ1) is 22.5. The second-order valence-corrected chi connectivity index (χ2v) is 8.29. The Labute approximate surface area is 170 Å². The fraction of sp³-hybridized carbons (Fsp3) is 0.300. The van der Waals surface area contributed by atoms with Gasteiger partial charge < -0.3 is 16.8 Å². The molecule has 0 aliphatic heterocycles. The van der Waals surface area contributed by atoms with E-state index in [1.54, 1.807) is 18.2 Å². The molecule has 8 nitrogen and oxygen atoms in total. The monoisotopic (exact) mass is 418 g/mol. The van der Waals surface area contributed by atoms with E-state index >= 15 is 0 Å². The van der Waals surface area contributed by atoms with Crippen LogP contribution in [0.5, 0.6) is 0 Å². The number of nitrogens with two attached hydrogens (primary N) is 2. The highest BCUT2D eigenvalue weighted by Gasteiger charge is 2.28. The van der Waals surface area contributed by atoms with E-state index in [0.717, 1.165) is 5.56 Å². The molecule has 2 aromatic rings. The predicted molar refractivity (Wildman–Crippen MR) is 110 cm³/mol. The van der Waals surface area contributed by atoms with E-state index in [-0.39, 0.29) is 17.7 Å². The van der Waals surface area contributed by atoms with Gasteiger partial charge in [0, 0.05) is 6.42 Å². The average molecular weight is 419 g/mol. The maximum absolute atomic E-state index is 12.8. The molecule has 0 saturated carbocycles. The van der Waals surface area contributed by atoms with Crippen LogP contribution in [0, 0.1) is 0 Å². The predicted octanol–water partition coefficient (Wildman–Crippen LogP) is 0.285. The molecule has 2 aromatic carbocycles. The van der Waals surface area contributed by atoms with Crippen molar-refractivity contribution in [2.24, 2.45) is 11.5 Å². The number of sulfonamides is 1. The molecule has 29 heavy (non-hydrogen) atoms. The van der Waals surface area contributed by atoms with Gasteiger partial charge in [0.05, 0.1) is 4.90 Å². The summed E-state index contributed by atoms with van der Waals surface area (Å²) in [7, 11) is -3.92. The lowest BCUT2D eigenvalue weighted by Gasteiger charge is -2.22. The quantitative estimate of drug-likeness (QED) is 0.414. The average Bonchev–Trinajstić information content (AvgIpc) is 2.71. The number of amides is 2. The van der Waals surface area contributed by atoms with Crippen molar-refractivity contribution < 1.29 is 18.0 Å². The second kappa shape index (κ2) is 10.7. The van der Waals surface area contributed by atoms with Gasteiger partial charge in [-0.3, -0.25) is 9.59 Å². The molecule has 0 radical (unpaired) electrons. The van der Waals surface area contributed by atoms with Crippen LogP contribution in [-0.2, 0) is 26.0 Å². The summed E-state index contributed by atoms with van der Waals surface area (Å²) in [5, 5.41) is 2.57. The first-order chi connectivity index (χ1) is 13.8. The minimum atomic E-state index is -3.92. The highest BCUT2D eigenvalue weighted by Crippen LogP contribution is 2.11. The highest BCUT2D eigenvalue weighted by molar-refractivity contribution is 7.89. The van der Waals surface area contributed by atoms with Crippen molar-refractivity contribution in [3.63, 3.8) is 0 Å². The maximum atomic E-state index is 12.8. The zero-order chi connectivity index (χ0) is 21.3. The summed E-state index contributed by atoms with van der Waals surface area (Å²) in [5.74, 6) is -1.33. The van der Waals surface area contributed by atoms with Gasteiger partial charge in [0.25, 0.3) is 0 Å². The number of benzene rings is 2. The number of carbonyl (C=O) groups is 2. The molecule has 0 heterocycles. The molecule has 0 aromatic heterocycles. The summed E-state index contributed by atoms with van der Waals surface area (Å²) in [6.45, 7) is 0.292. The Kier molecular flexibility index (Phi) is 8.32. The van der Waals surface area contributed by atoms with Crippen LogP contribution >= 0.6 is 0 Å². The molecule has 0 aliphatic rings. The molecule has 0 saturated heterocycles. The maximum Gasteiger partial charge on any atom is 0.241 e. The van der Waals surface area contributed by atoms with Gasteiger partial charge in [-0.05, 0) is 37.1 Å². The van der Waals surface area contributed by atoms with Crippen molar-refractivity contribution >= 4 is 21.8 Å². The highest BCUT2D eigenvalue weighted by atomic mass is 32.2. The van der Waals surface area contributed by atoms with Gasteiger partial charge >= 0.3 is 0 Å². The first-order valence-electron chi connectivity index (χ1n) is 9.24. The van der Waals surface area contributed by atoms with Crippen LogP contribution in [0.4, 0.5) is 0 Å². The van der Waals surface area contributed by atoms with Crippen LogP contribution in [0.2, 0.25) is 0 Å². The minimum Gasteiger partial charge on any atom is -0.368 e. The second-order valence-electron chi connectivity index (χ2n) is 6.57. The van der Waals surface area contributed by atoms with E-state index in [4.69, 9.17) is 11.5 Å². The van der Waals surface area contributed by atoms with E-state index < -0.39 is 33.9 Å². The van der Waals surface area contributed by atoms with Crippen LogP contribution in [0.3, 0.4) is 0 Å². The molecule has 2 amide bonds. The third-order valence-corrected chi connectivity index (χ3v) is 5.79. The van der Waals surface area contributed by atoms with E-state index in [2.05, 4.69) is 10.0 Å². The van der Waals surface area contributed by atoms with Gasteiger partial charge in [-0.15, -0.1) is 0 Å². The molecular weight excluding hydrogens is 392 g/mol. The lowest BCUT2D eigenvalue weighted by Crippen LogP contribution is -2.53. The van der Waals surface area contributed by atoms with Crippen LogP contribution in [0.1, 0.15) is 18.4 Å². The molecular formula is C20H26N4O4S. The first-order valence-corrected chi connectivity index (χ1v) is 10.7. The summed E-state index contributed by atoms with van der Waals surface area (Å²) in [6.07, 6.45) is 0.817. The SMILES string of the molecule is NCCC[C@H](NS(=O)(=O)c1ccccc1)C(=O)N[C@@H](Cc1ccccc1)C(N)=O. The molecule has 2 atom stereocenters. The van der Waals surface area contributed by atoms with Crippen molar-refractivity contribution in [1.29, 1.82) is 0 Å². The van der Waals surface area contributed by atoms with Gasteiger partial charge in [0.1, 0.15) is 12.1 Å². The van der Waals surface area contributed by atoms with Crippen molar-refractivity contribution in [2.45, 2.75) is 36.2 Å². The zero-order valence-electron chi connectivity index (χ0n) is 16.0. The molecule has 2 rings (SSSR count). The van der Waals surface area contributed by atoms with E-state index in [1.165, 1.54) is 12.1 Å². The Bertz CT molecular complexity index is 905. The third kappa shape index (κ3) is 6.97. The summed E-state index contributed by atoms with van der Waals surface area (Å²) in [6, 6.07) is 14.8. The fourth-order valence-corrected chi connectivity index (χ4v) is 4.02. The topological polar surface area (TPSA) is 144 Å². The van der Waals surface area contributed by atoms with Crippen molar-refractivity contribution in [3.05, 3.63) is 66.2 Å². The summed E-state index contributed by atoms with van der Waals surface area (Å²) < 4.78 is 27.6. The number of carbonyl (C=O) groups excluding carboxylic acids is 2. The number of hydrogen-bond donors (Lipinski definition) is 4. The smallest absolute Gasteiger partial charge is 0.241 e. The van der Waals surface area contributed by atoms with Gasteiger partial charge in [-0.2, -0.15) is 4.72 Å². The van der Waals surface area contributed by atoms with Crippen LogP contribution in [0.15, 0.2) is 65.6 Å². The van der Waals surface area contributed by atoms with Crippen molar-refractivity contribution in [1.82, 2.24) is 10.0 Å². The summed E-state index contributed by atoms with van der Waals surface area (Å²) >= 11 is 0. The number of nitrogens with one attached hydrogen (secondary N) is 2. The molecule has 156 valence electrons. The Hall–Kier alpha value is -2.75. The van der Waals surface area contributed by atoms with Gasteiger partial charge in [0.2, 0.25) is 21.8 Å². The molecule has 9 heteroatoms. The Morgan fingerprint density at radius 3 is 2.07 bits per heavy atom. The molecule has 0 unspecified atom stereocenters. The van der Waals surface area contributed by atoms with Gasteiger partial charge in [0.15, 0.2) is 0 Å². The van der Waals surface area contributed by atoms with Gasteiger partial charge in [-0.1, -0.05) is 48.5 Å². The van der Waals surface area contributed by atoms with E-state index in [1.807, 2.05) is 30.3 Å².